The Hall–Kier alpha value is -1.45. The van der Waals surface area contributed by atoms with Crippen LogP contribution < -0.4 is 0 Å². The molecule has 1 aromatic rings. The van der Waals surface area contributed by atoms with E-state index in [-0.39, 0.29) is 5.41 Å². The summed E-state index contributed by atoms with van der Waals surface area (Å²) in [4.78, 5) is 12.0. The number of aliphatic hydroxyl groups is 1. The van der Waals surface area contributed by atoms with Crippen LogP contribution in [0.5, 0.6) is 0 Å². The number of allylic oxidation sites excluding steroid dienone is 1. The minimum absolute atomic E-state index is 0.0318. The first-order chi connectivity index (χ1) is 8.82. The Morgan fingerprint density at radius 1 is 1.32 bits per heavy atom. The van der Waals surface area contributed by atoms with Gasteiger partial charge in [0.1, 0.15) is 13.5 Å². The molecule has 0 spiro atoms. The fourth-order valence-electron chi connectivity index (χ4n) is 1.68. The van der Waals surface area contributed by atoms with Gasteiger partial charge in [0, 0.05) is 5.57 Å². The second kappa shape index (κ2) is 6.64. The zero-order chi connectivity index (χ0) is 14.5. The highest BCUT2D eigenvalue weighted by Gasteiger charge is 2.28. The molecule has 1 atom stereocenters. The van der Waals surface area contributed by atoms with Crippen LogP contribution in [0.15, 0.2) is 54.6 Å². The summed E-state index contributed by atoms with van der Waals surface area (Å²) in [5, 5.41) is 9.98. The van der Waals surface area contributed by atoms with Crippen molar-refractivity contribution in [2.75, 3.05) is 0 Å². The van der Waals surface area contributed by atoms with Crippen molar-refractivity contribution in [1.82, 2.24) is 0 Å². The van der Waals surface area contributed by atoms with Gasteiger partial charge < -0.3 is 9.90 Å². The normalized spacial score (nSPS) is 13.5. The standard InChI is InChI=1S/C16H22O2Si/c1-13(16(18)19(2,3)4)15(17)12-8-11-14-9-6-5-7-10-14/h5-10,12,15,17H,1,11H2,2-4H3. The van der Waals surface area contributed by atoms with Gasteiger partial charge in [0.15, 0.2) is 0 Å². The molecule has 1 N–H and O–H groups in total. The van der Waals surface area contributed by atoms with Crippen LogP contribution in [0.25, 0.3) is 0 Å². The Morgan fingerprint density at radius 3 is 2.42 bits per heavy atom. The first kappa shape index (κ1) is 15.6. The highest BCUT2D eigenvalue weighted by molar-refractivity contribution is 7.05. The van der Waals surface area contributed by atoms with Crippen molar-refractivity contribution in [2.45, 2.75) is 32.2 Å². The number of benzene rings is 1. The molecule has 0 aliphatic carbocycles. The first-order valence-corrected chi connectivity index (χ1v) is 9.94. The van der Waals surface area contributed by atoms with Crippen LogP contribution in [0.2, 0.25) is 19.6 Å². The van der Waals surface area contributed by atoms with Gasteiger partial charge in [-0.25, -0.2) is 0 Å². The van der Waals surface area contributed by atoms with Gasteiger partial charge in [-0.3, -0.25) is 0 Å². The summed E-state index contributed by atoms with van der Waals surface area (Å²) >= 11 is 0. The summed E-state index contributed by atoms with van der Waals surface area (Å²) in [5.74, 6) is 0. The Labute approximate surface area is 116 Å². The second-order valence-corrected chi connectivity index (χ2v) is 10.6. The third-order valence-electron chi connectivity index (χ3n) is 2.84. The van der Waals surface area contributed by atoms with E-state index in [9.17, 15) is 9.90 Å². The van der Waals surface area contributed by atoms with Gasteiger partial charge in [0.05, 0.1) is 6.10 Å². The van der Waals surface area contributed by atoms with Gasteiger partial charge in [-0.1, -0.05) is 68.7 Å². The van der Waals surface area contributed by atoms with E-state index in [1.807, 2.05) is 56.0 Å². The molecule has 0 bridgehead atoms. The highest BCUT2D eigenvalue weighted by atomic mass is 28.3. The van der Waals surface area contributed by atoms with Gasteiger partial charge in [-0.05, 0) is 12.0 Å². The zero-order valence-corrected chi connectivity index (χ0v) is 12.9. The number of carbonyl (C=O) groups is 1. The molecular weight excluding hydrogens is 252 g/mol. The quantitative estimate of drug-likeness (QED) is 0.491. The largest absolute Gasteiger partial charge is 0.384 e. The van der Waals surface area contributed by atoms with E-state index in [1.165, 1.54) is 5.56 Å². The van der Waals surface area contributed by atoms with E-state index in [2.05, 4.69) is 6.58 Å². The smallest absolute Gasteiger partial charge is 0.138 e. The Morgan fingerprint density at radius 2 is 1.89 bits per heavy atom. The SMILES string of the molecule is C=C(C(=O)[Si](C)(C)C)C(O)C=CCc1ccccc1. The molecule has 2 nitrogen and oxygen atoms in total. The summed E-state index contributed by atoms with van der Waals surface area (Å²) in [6.45, 7) is 9.61. The third-order valence-corrected chi connectivity index (χ3v) is 4.53. The lowest BCUT2D eigenvalue weighted by molar-refractivity contribution is -0.110. The molecule has 0 saturated heterocycles. The fourth-order valence-corrected chi connectivity index (χ4v) is 2.79. The number of hydrogen-bond donors (Lipinski definition) is 1. The Kier molecular flexibility index (Phi) is 5.45. The summed E-state index contributed by atoms with van der Waals surface area (Å²) in [6, 6.07) is 9.98. The van der Waals surface area contributed by atoms with Gasteiger partial charge in [0.25, 0.3) is 0 Å². The Bertz CT molecular complexity index is 469. The molecule has 0 heterocycles. The van der Waals surface area contributed by atoms with Crippen molar-refractivity contribution in [1.29, 1.82) is 0 Å². The maximum atomic E-state index is 12.0. The van der Waals surface area contributed by atoms with E-state index in [0.29, 0.717) is 5.57 Å². The molecule has 1 rings (SSSR count). The molecule has 0 aliphatic rings. The van der Waals surface area contributed by atoms with Crippen molar-refractivity contribution >= 4 is 13.5 Å². The zero-order valence-electron chi connectivity index (χ0n) is 11.9. The van der Waals surface area contributed by atoms with Crippen molar-refractivity contribution in [3.8, 4) is 0 Å². The average molecular weight is 274 g/mol. The van der Waals surface area contributed by atoms with Crippen LogP contribution in [0.3, 0.4) is 0 Å². The molecule has 1 aromatic carbocycles. The average Bonchev–Trinajstić information content (AvgIpc) is 2.37. The monoisotopic (exact) mass is 274 g/mol. The van der Waals surface area contributed by atoms with E-state index in [1.54, 1.807) is 6.08 Å². The highest BCUT2D eigenvalue weighted by Crippen LogP contribution is 2.13. The Balaban J connectivity index is 2.58. The van der Waals surface area contributed by atoms with E-state index >= 15 is 0 Å². The van der Waals surface area contributed by atoms with E-state index < -0.39 is 14.2 Å². The van der Waals surface area contributed by atoms with Crippen molar-refractivity contribution in [2.24, 2.45) is 0 Å². The van der Waals surface area contributed by atoms with Gasteiger partial charge in [-0.15, -0.1) is 0 Å². The molecule has 102 valence electrons. The predicted octanol–water partition coefficient (Wildman–Crippen LogP) is 3.15. The van der Waals surface area contributed by atoms with Crippen LogP contribution in [-0.2, 0) is 11.2 Å². The maximum absolute atomic E-state index is 12.0. The number of hydrogen-bond acceptors (Lipinski definition) is 2. The minimum Gasteiger partial charge on any atom is -0.384 e. The molecule has 0 saturated carbocycles. The maximum Gasteiger partial charge on any atom is 0.138 e. The summed E-state index contributed by atoms with van der Waals surface area (Å²) in [7, 11) is -1.92. The molecule has 3 heteroatoms. The first-order valence-electron chi connectivity index (χ1n) is 6.44. The van der Waals surface area contributed by atoms with E-state index in [4.69, 9.17) is 0 Å². The lowest BCUT2D eigenvalue weighted by Gasteiger charge is -2.18. The molecule has 0 aromatic heterocycles. The van der Waals surface area contributed by atoms with Crippen LogP contribution >= 0.6 is 0 Å². The predicted molar refractivity (Wildman–Crippen MR) is 82.8 cm³/mol. The minimum atomic E-state index is -1.92. The topological polar surface area (TPSA) is 37.3 Å². The summed E-state index contributed by atoms with van der Waals surface area (Å²) in [6.07, 6.45) is 3.39. The van der Waals surface area contributed by atoms with Crippen LogP contribution in [0.1, 0.15) is 5.56 Å². The summed E-state index contributed by atoms with van der Waals surface area (Å²) < 4.78 is 0. The lowest BCUT2D eigenvalue weighted by atomic mass is 10.1. The number of carbonyl (C=O) groups excluding carboxylic acids is 1. The number of rotatable bonds is 6. The lowest BCUT2D eigenvalue weighted by Crippen LogP contribution is -2.37. The summed E-state index contributed by atoms with van der Waals surface area (Å²) in [5.41, 5.74) is 1.48. The van der Waals surface area contributed by atoms with Gasteiger partial charge in [-0.2, -0.15) is 0 Å². The van der Waals surface area contributed by atoms with E-state index in [0.717, 1.165) is 6.42 Å². The molecule has 0 aliphatic heterocycles. The van der Waals surface area contributed by atoms with Crippen LogP contribution in [0.4, 0.5) is 0 Å². The second-order valence-electron chi connectivity index (χ2n) is 5.67. The van der Waals surface area contributed by atoms with Crippen LogP contribution in [0, 0.1) is 0 Å². The fraction of sp³-hybridized carbons (Fsp3) is 0.312. The molecule has 1 unspecified atom stereocenters. The molecule has 0 fully saturated rings. The molecular formula is C16H22O2Si. The van der Waals surface area contributed by atoms with Crippen molar-refractivity contribution in [3.63, 3.8) is 0 Å². The van der Waals surface area contributed by atoms with Gasteiger partial charge >= 0.3 is 0 Å². The third kappa shape index (κ3) is 4.97. The van der Waals surface area contributed by atoms with Crippen LogP contribution in [-0.4, -0.2) is 24.7 Å². The molecule has 0 radical (unpaired) electrons. The van der Waals surface area contributed by atoms with Crippen molar-refractivity contribution in [3.05, 3.63) is 60.2 Å². The molecule has 0 amide bonds. The van der Waals surface area contributed by atoms with Gasteiger partial charge in [0.2, 0.25) is 0 Å². The molecule has 19 heavy (non-hydrogen) atoms. The number of aliphatic hydroxyl groups excluding tert-OH is 1. The van der Waals surface area contributed by atoms with Crippen molar-refractivity contribution < 1.29 is 9.90 Å².